The summed E-state index contributed by atoms with van der Waals surface area (Å²) < 4.78 is 40.0. The average molecular weight is 791 g/mol. The van der Waals surface area contributed by atoms with Crippen LogP contribution < -0.4 is 34.5 Å². The summed E-state index contributed by atoms with van der Waals surface area (Å²) >= 11 is 0. The highest BCUT2D eigenvalue weighted by molar-refractivity contribution is 6.38. The Morgan fingerprint density at radius 1 is 0.569 bits per heavy atom. The molecule has 2 atom stereocenters. The Labute approximate surface area is 329 Å². The number of fused-ring (bicyclic) bond motifs is 2. The highest BCUT2D eigenvalue weighted by Gasteiger charge is 2.33. The third-order valence-corrected chi connectivity index (χ3v) is 10.0. The van der Waals surface area contributed by atoms with Crippen molar-refractivity contribution >= 4 is 55.2 Å². The molecule has 7 rings (SSSR count). The fourth-order valence-electron chi connectivity index (χ4n) is 7.75. The highest BCUT2D eigenvalue weighted by atomic mass is 16.7. The van der Waals surface area contributed by atoms with Crippen LogP contribution in [0.1, 0.15) is 35.3 Å². The molecule has 0 spiro atoms. The topological polar surface area (TPSA) is 194 Å². The molecule has 0 aliphatic rings. The van der Waals surface area contributed by atoms with Crippen LogP contribution >= 0.6 is 0 Å². The number of hydrogen-bond acceptors (Lipinski definition) is 14. The first-order valence-electron chi connectivity index (χ1n) is 18.0. The second kappa shape index (κ2) is 15.4. The van der Waals surface area contributed by atoms with Crippen LogP contribution in [0.15, 0.2) is 76.3 Å². The number of carbonyl (C=O) groups excluding carboxylic acids is 2. The molecule has 58 heavy (non-hydrogen) atoms. The molecule has 0 heterocycles. The van der Waals surface area contributed by atoms with Crippen molar-refractivity contribution in [3.05, 3.63) is 104 Å². The normalized spacial score (nSPS) is 12.4. The summed E-state index contributed by atoms with van der Waals surface area (Å²) in [5, 5.41) is 33.9. The van der Waals surface area contributed by atoms with E-state index in [-0.39, 0.29) is 102 Å². The fourth-order valence-corrected chi connectivity index (χ4v) is 7.75. The lowest BCUT2D eigenvalue weighted by Crippen LogP contribution is -2.22. The molecule has 14 heteroatoms. The largest absolute Gasteiger partial charge is 0.514 e. The number of ether oxygens (including phenoxy) is 7. The van der Waals surface area contributed by atoms with Gasteiger partial charge in [-0.15, -0.1) is 0 Å². The number of carbonyl (C=O) groups is 2. The molecule has 0 bridgehead atoms. The first kappa shape index (κ1) is 39.0. The first-order chi connectivity index (χ1) is 27.8. The van der Waals surface area contributed by atoms with Crippen LogP contribution in [0.4, 0.5) is 4.79 Å². The van der Waals surface area contributed by atoms with Gasteiger partial charge in [-0.25, -0.2) is 9.59 Å². The third-order valence-electron chi connectivity index (χ3n) is 10.0. The zero-order valence-corrected chi connectivity index (χ0v) is 32.3. The van der Waals surface area contributed by atoms with E-state index in [9.17, 15) is 34.5 Å². The monoisotopic (exact) mass is 790 g/mol. The number of esters is 1. The molecule has 0 saturated carbocycles. The Morgan fingerprint density at radius 3 is 1.48 bits per heavy atom. The standard InChI is InChI=1S/C44H38O14/c1-20(56-43(50)22-10-8-7-9-11-22)16-25-31-32-26(17-21(2)57-44(51)58-24-14-12-23(45)13-15-24)42(55-6)40(49)34-28(47)19-30(53-4)36(38(32)34)35-29(52-3)18-27(46)33(37(31)35)39(48)41(25)54-5/h7-15,18-21,45-47H,16-17H2,1-6H3/t20-,21-/m1/s1. The van der Waals surface area contributed by atoms with Crippen LogP contribution in [0, 0.1) is 0 Å². The molecule has 3 N–H and O–H groups in total. The maximum Gasteiger partial charge on any atom is 0.514 e. The fraction of sp³-hybridized carbons (Fsp3) is 0.227. The lowest BCUT2D eigenvalue weighted by molar-refractivity contribution is 0.0342. The Balaban J connectivity index is 1.58. The maximum absolute atomic E-state index is 14.5. The highest BCUT2D eigenvalue weighted by Crippen LogP contribution is 2.53. The molecule has 0 amide bonds. The van der Waals surface area contributed by atoms with E-state index in [4.69, 9.17) is 33.2 Å². The van der Waals surface area contributed by atoms with E-state index in [1.807, 2.05) is 0 Å². The first-order valence-corrected chi connectivity index (χ1v) is 18.0. The smallest absolute Gasteiger partial charge is 0.508 e. The summed E-state index contributed by atoms with van der Waals surface area (Å²) in [5.74, 6) is -1.60. The molecule has 0 aliphatic carbocycles. The van der Waals surface area contributed by atoms with E-state index >= 15 is 0 Å². The van der Waals surface area contributed by atoms with E-state index < -0.39 is 46.7 Å². The molecule has 298 valence electrons. The number of methoxy groups -OCH3 is 4. The quantitative estimate of drug-likeness (QED) is 0.0497. The van der Waals surface area contributed by atoms with Crippen molar-refractivity contribution < 1.29 is 58.1 Å². The number of rotatable bonds is 12. The maximum atomic E-state index is 14.5. The Morgan fingerprint density at radius 2 is 1.03 bits per heavy atom. The zero-order valence-electron chi connectivity index (χ0n) is 32.3. The zero-order chi connectivity index (χ0) is 41.6. The summed E-state index contributed by atoms with van der Waals surface area (Å²) in [6.07, 6.45) is -3.26. The van der Waals surface area contributed by atoms with Crippen molar-refractivity contribution in [2.75, 3.05) is 28.4 Å². The van der Waals surface area contributed by atoms with Crippen molar-refractivity contribution in [1.82, 2.24) is 0 Å². The molecule has 0 fully saturated rings. The predicted octanol–water partition coefficient (Wildman–Crippen LogP) is 6.98. The predicted molar refractivity (Wildman–Crippen MR) is 214 cm³/mol. The van der Waals surface area contributed by atoms with E-state index in [1.165, 1.54) is 64.8 Å². The van der Waals surface area contributed by atoms with Crippen LogP contribution in [0.25, 0.3) is 43.1 Å². The number of phenols is 3. The minimum atomic E-state index is -1.08. The second-order valence-corrected chi connectivity index (χ2v) is 13.6. The van der Waals surface area contributed by atoms with Gasteiger partial charge in [0.2, 0.25) is 10.9 Å². The average Bonchev–Trinajstić information content (AvgIpc) is 3.19. The van der Waals surface area contributed by atoms with Crippen molar-refractivity contribution in [3.8, 4) is 46.0 Å². The molecular weight excluding hydrogens is 752 g/mol. The Hall–Kier alpha value is -7.22. The van der Waals surface area contributed by atoms with E-state index in [0.717, 1.165) is 0 Å². The summed E-state index contributed by atoms with van der Waals surface area (Å²) in [4.78, 5) is 55.2. The van der Waals surface area contributed by atoms with Gasteiger partial charge in [-0.2, -0.15) is 0 Å². The number of aromatic hydroxyl groups is 3. The van der Waals surface area contributed by atoms with Crippen molar-refractivity contribution in [2.45, 2.75) is 38.9 Å². The van der Waals surface area contributed by atoms with Gasteiger partial charge in [0.15, 0.2) is 11.5 Å². The van der Waals surface area contributed by atoms with Crippen LogP contribution in [-0.4, -0.2) is 68.1 Å². The van der Waals surface area contributed by atoms with Gasteiger partial charge < -0.3 is 48.5 Å². The van der Waals surface area contributed by atoms with Crippen LogP contribution in [-0.2, 0) is 22.3 Å². The minimum Gasteiger partial charge on any atom is -0.508 e. The third kappa shape index (κ3) is 6.51. The summed E-state index contributed by atoms with van der Waals surface area (Å²) in [6, 6.07) is 16.3. The van der Waals surface area contributed by atoms with Gasteiger partial charge in [-0.05, 0) is 61.0 Å². The molecule has 0 unspecified atom stereocenters. The van der Waals surface area contributed by atoms with Gasteiger partial charge in [-0.1, -0.05) is 18.2 Å². The minimum absolute atomic E-state index is 0.0340. The molecule has 0 saturated heterocycles. The molecule has 14 nitrogen and oxygen atoms in total. The van der Waals surface area contributed by atoms with Gasteiger partial charge in [0.05, 0.1) is 44.8 Å². The molecule has 0 aliphatic heterocycles. The summed E-state index contributed by atoms with van der Waals surface area (Å²) in [5.41, 5.74) is -0.646. The SMILES string of the molecule is COc1c(C[C@@H](C)OC(=O)Oc2ccc(O)cc2)c2c3c(C[C@@H](C)OC(=O)c4ccccc4)c(OC)c(=O)c4c(O)cc(OC)c(c5c(OC)cc(O)c(c1=O)c52)c43. The van der Waals surface area contributed by atoms with E-state index in [1.54, 1.807) is 44.2 Å². The number of phenolic OH excluding ortho intramolecular Hbond substituents is 3. The Bertz CT molecular complexity index is 2840. The van der Waals surface area contributed by atoms with Crippen molar-refractivity contribution in [2.24, 2.45) is 0 Å². The van der Waals surface area contributed by atoms with Crippen LogP contribution in [0.2, 0.25) is 0 Å². The Kier molecular flexibility index (Phi) is 10.3. The number of benzene rings is 7. The van der Waals surface area contributed by atoms with Gasteiger partial charge in [0.1, 0.15) is 46.7 Å². The van der Waals surface area contributed by atoms with Crippen molar-refractivity contribution in [3.63, 3.8) is 0 Å². The summed E-state index contributed by atoms with van der Waals surface area (Å²) in [7, 11) is 5.31. The second-order valence-electron chi connectivity index (χ2n) is 13.6. The van der Waals surface area contributed by atoms with Gasteiger partial charge >= 0.3 is 12.1 Å². The molecular formula is C44H38O14. The molecule has 0 aromatic heterocycles. The molecule has 7 aromatic rings. The van der Waals surface area contributed by atoms with Gasteiger partial charge in [-0.3, -0.25) is 9.59 Å². The molecule has 0 radical (unpaired) electrons. The lowest BCUT2D eigenvalue weighted by atomic mass is 9.82. The lowest BCUT2D eigenvalue weighted by Gasteiger charge is -2.26. The van der Waals surface area contributed by atoms with Gasteiger partial charge in [0.25, 0.3) is 0 Å². The summed E-state index contributed by atoms with van der Waals surface area (Å²) in [6.45, 7) is 3.21. The van der Waals surface area contributed by atoms with E-state index in [2.05, 4.69) is 0 Å². The van der Waals surface area contributed by atoms with Crippen LogP contribution in [0.5, 0.6) is 46.0 Å². The molecule has 7 aromatic carbocycles. The van der Waals surface area contributed by atoms with Crippen LogP contribution in [0.3, 0.4) is 0 Å². The van der Waals surface area contributed by atoms with Gasteiger partial charge in [0, 0.05) is 57.6 Å². The number of hydrogen-bond donors (Lipinski definition) is 3. The van der Waals surface area contributed by atoms with Crippen molar-refractivity contribution in [1.29, 1.82) is 0 Å². The van der Waals surface area contributed by atoms with E-state index in [0.29, 0.717) is 5.56 Å².